The van der Waals surface area contributed by atoms with E-state index in [1.807, 2.05) is 12.1 Å². The van der Waals surface area contributed by atoms with E-state index in [0.717, 1.165) is 31.9 Å². The summed E-state index contributed by atoms with van der Waals surface area (Å²) in [6.45, 7) is 4.16. The van der Waals surface area contributed by atoms with Crippen LogP contribution in [-0.2, 0) is 20.9 Å². The van der Waals surface area contributed by atoms with Gasteiger partial charge >= 0.3 is 24.3 Å². The molecule has 3 atom stereocenters. The molecule has 1 aromatic rings. The van der Waals surface area contributed by atoms with Crippen molar-refractivity contribution in [3.63, 3.8) is 0 Å². The zero-order valence-corrected chi connectivity index (χ0v) is 17.2. The van der Waals surface area contributed by atoms with E-state index in [4.69, 9.17) is 29.0 Å². The number of furan rings is 1. The first kappa shape index (κ1) is 27.7. The molecule has 0 bridgehead atoms. The standard InChI is InChI=1S/C14H22N2O2.2C2HF3O2/c1-15(2)8-13-6-11-7-16(10-14(11)18-13)9-12-4-3-5-17-12;2*3-2(4,5)1(6)7/h3-5,11,13-14H,6-10H2,1-2H3;2*(H,6,7)/t11-,13-,14+;;/m1../s1. The Balaban J connectivity index is 0.000000305. The van der Waals surface area contributed by atoms with Crippen molar-refractivity contribution < 1.29 is 55.3 Å². The summed E-state index contributed by atoms with van der Waals surface area (Å²) in [6, 6.07) is 4.00. The summed E-state index contributed by atoms with van der Waals surface area (Å²) in [5.41, 5.74) is 0. The Labute approximate surface area is 179 Å². The lowest BCUT2D eigenvalue weighted by Crippen LogP contribution is -2.29. The molecule has 2 fully saturated rings. The minimum absolute atomic E-state index is 0.431. The molecule has 0 unspecified atom stereocenters. The van der Waals surface area contributed by atoms with Gasteiger partial charge in [0.05, 0.1) is 25.0 Å². The highest BCUT2D eigenvalue weighted by Gasteiger charge is 2.42. The van der Waals surface area contributed by atoms with Gasteiger partial charge < -0.3 is 24.3 Å². The van der Waals surface area contributed by atoms with Crippen LogP contribution < -0.4 is 0 Å². The Kier molecular flexibility index (Phi) is 9.97. The first-order chi connectivity index (χ1) is 14.6. The third kappa shape index (κ3) is 9.87. The van der Waals surface area contributed by atoms with Crippen molar-refractivity contribution in [1.29, 1.82) is 0 Å². The number of rotatable bonds is 4. The van der Waals surface area contributed by atoms with Crippen LogP contribution in [0.25, 0.3) is 0 Å². The number of fused-ring (bicyclic) bond motifs is 1. The number of ether oxygens (including phenoxy) is 1. The van der Waals surface area contributed by atoms with Crippen molar-refractivity contribution in [3.05, 3.63) is 24.2 Å². The molecule has 32 heavy (non-hydrogen) atoms. The van der Waals surface area contributed by atoms with Gasteiger partial charge in [-0.25, -0.2) is 9.59 Å². The van der Waals surface area contributed by atoms with Gasteiger partial charge in [0.1, 0.15) is 5.76 Å². The number of likely N-dealkylation sites (tertiary alicyclic amines) is 1. The normalized spacial score (nSPS) is 23.1. The van der Waals surface area contributed by atoms with Crippen molar-refractivity contribution in [2.75, 3.05) is 33.7 Å². The number of carboxylic acids is 2. The molecule has 2 N–H and O–H groups in total. The SMILES string of the molecule is CN(C)C[C@H]1C[C@@H]2CN(Cc3ccco3)C[C@@H]2O1.O=C(O)C(F)(F)F.O=C(O)C(F)(F)F. The van der Waals surface area contributed by atoms with Gasteiger partial charge in [-0.1, -0.05) is 0 Å². The summed E-state index contributed by atoms with van der Waals surface area (Å²) in [5, 5.41) is 14.2. The van der Waals surface area contributed by atoms with Crippen LogP contribution in [0.1, 0.15) is 12.2 Å². The molecule has 2 saturated heterocycles. The van der Waals surface area contributed by atoms with Crippen LogP contribution >= 0.6 is 0 Å². The number of hydrogen-bond donors (Lipinski definition) is 2. The molecule has 0 radical (unpaired) electrons. The Morgan fingerprint density at radius 3 is 2.00 bits per heavy atom. The number of carbonyl (C=O) groups is 2. The molecule has 0 aliphatic carbocycles. The van der Waals surface area contributed by atoms with E-state index in [0.29, 0.717) is 18.1 Å². The lowest BCUT2D eigenvalue weighted by molar-refractivity contribution is -0.193. The first-order valence-corrected chi connectivity index (χ1v) is 9.24. The third-order valence-electron chi connectivity index (χ3n) is 4.40. The van der Waals surface area contributed by atoms with E-state index in [9.17, 15) is 26.3 Å². The first-order valence-electron chi connectivity index (χ1n) is 9.24. The zero-order valence-electron chi connectivity index (χ0n) is 17.2. The lowest BCUT2D eigenvalue weighted by Gasteiger charge is -2.20. The van der Waals surface area contributed by atoms with Gasteiger partial charge in [-0.2, -0.15) is 26.3 Å². The van der Waals surface area contributed by atoms with Crippen molar-refractivity contribution >= 4 is 11.9 Å². The predicted octanol–water partition coefficient (Wildman–Crippen LogP) is 2.70. The average molecular weight is 478 g/mol. The van der Waals surface area contributed by atoms with Crippen LogP contribution in [0.4, 0.5) is 26.3 Å². The van der Waals surface area contributed by atoms with Gasteiger partial charge in [0, 0.05) is 25.6 Å². The Hall–Kier alpha value is -2.32. The van der Waals surface area contributed by atoms with Crippen molar-refractivity contribution in [2.45, 2.75) is 37.5 Å². The second kappa shape index (κ2) is 11.5. The van der Waals surface area contributed by atoms with E-state index < -0.39 is 24.3 Å². The van der Waals surface area contributed by atoms with E-state index >= 15 is 0 Å². The molecule has 1 aromatic heterocycles. The molecule has 3 rings (SSSR count). The highest BCUT2D eigenvalue weighted by atomic mass is 19.4. The Bertz CT molecular complexity index is 685. The highest BCUT2D eigenvalue weighted by Crippen LogP contribution is 2.33. The fraction of sp³-hybridized carbons (Fsp3) is 0.667. The third-order valence-corrected chi connectivity index (χ3v) is 4.40. The maximum atomic E-state index is 10.6. The molecule has 0 saturated carbocycles. The quantitative estimate of drug-likeness (QED) is 0.637. The van der Waals surface area contributed by atoms with Gasteiger partial charge in [0.15, 0.2) is 0 Å². The predicted molar refractivity (Wildman–Crippen MR) is 96.7 cm³/mol. The number of carboxylic acid groups (broad SMARTS) is 2. The molecule has 2 aliphatic rings. The fourth-order valence-electron chi connectivity index (χ4n) is 3.23. The monoisotopic (exact) mass is 478 g/mol. The fourth-order valence-corrected chi connectivity index (χ4v) is 3.23. The smallest absolute Gasteiger partial charge is 0.475 e. The van der Waals surface area contributed by atoms with Crippen molar-refractivity contribution in [1.82, 2.24) is 9.80 Å². The van der Waals surface area contributed by atoms with Gasteiger partial charge in [-0.3, -0.25) is 4.90 Å². The summed E-state index contributed by atoms with van der Waals surface area (Å²) in [5.74, 6) is -3.75. The maximum absolute atomic E-state index is 10.6. The molecular weight excluding hydrogens is 454 g/mol. The zero-order chi connectivity index (χ0) is 24.7. The number of hydrogen-bond acceptors (Lipinski definition) is 6. The van der Waals surface area contributed by atoms with Crippen LogP contribution in [-0.4, -0.2) is 90.2 Å². The molecule has 0 aromatic carbocycles. The summed E-state index contributed by atoms with van der Waals surface area (Å²) < 4.78 is 75.0. The molecular formula is C18H24F6N2O6. The molecule has 3 heterocycles. The Morgan fingerprint density at radius 2 is 1.62 bits per heavy atom. The van der Waals surface area contributed by atoms with Crippen LogP contribution in [0.15, 0.2) is 22.8 Å². The summed E-state index contributed by atoms with van der Waals surface area (Å²) in [6.07, 6.45) is -6.35. The van der Waals surface area contributed by atoms with E-state index in [2.05, 4.69) is 23.9 Å². The average Bonchev–Trinajstić information content (AvgIpc) is 3.31. The van der Waals surface area contributed by atoms with E-state index in [1.54, 1.807) is 6.26 Å². The summed E-state index contributed by atoms with van der Waals surface area (Å²) in [4.78, 5) is 22.5. The second-order valence-electron chi connectivity index (χ2n) is 7.43. The molecule has 0 amide bonds. The van der Waals surface area contributed by atoms with Gasteiger partial charge in [0.25, 0.3) is 0 Å². The van der Waals surface area contributed by atoms with Crippen molar-refractivity contribution in [2.24, 2.45) is 5.92 Å². The molecule has 2 aliphatic heterocycles. The van der Waals surface area contributed by atoms with E-state index in [1.165, 1.54) is 6.42 Å². The second-order valence-corrected chi connectivity index (χ2v) is 7.43. The highest BCUT2D eigenvalue weighted by molar-refractivity contribution is 5.73. The van der Waals surface area contributed by atoms with Crippen LogP contribution in [0.3, 0.4) is 0 Å². The molecule has 8 nitrogen and oxygen atoms in total. The number of alkyl halides is 6. The lowest BCUT2D eigenvalue weighted by atomic mass is 10.0. The summed E-state index contributed by atoms with van der Waals surface area (Å²) in [7, 11) is 4.22. The van der Waals surface area contributed by atoms with Crippen LogP contribution in [0, 0.1) is 5.92 Å². The number of halogens is 6. The van der Waals surface area contributed by atoms with Crippen LogP contribution in [0.5, 0.6) is 0 Å². The minimum Gasteiger partial charge on any atom is -0.475 e. The molecule has 14 heteroatoms. The topological polar surface area (TPSA) is 103 Å². The maximum Gasteiger partial charge on any atom is 0.490 e. The summed E-state index contributed by atoms with van der Waals surface area (Å²) >= 11 is 0. The molecule has 184 valence electrons. The van der Waals surface area contributed by atoms with Crippen LogP contribution in [0.2, 0.25) is 0 Å². The van der Waals surface area contributed by atoms with Crippen molar-refractivity contribution in [3.8, 4) is 0 Å². The number of aliphatic carboxylic acids is 2. The van der Waals surface area contributed by atoms with E-state index in [-0.39, 0.29) is 0 Å². The van der Waals surface area contributed by atoms with Gasteiger partial charge in [0.2, 0.25) is 0 Å². The van der Waals surface area contributed by atoms with Gasteiger partial charge in [-0.05, 0) is 32.6 Å². The minimum atomic E-state index is -5.08. The molecule has 0 spiro atoms. The largest absolute Gasteiger partial charge is 0.490 e. The number of likely N-dealkylation sites (N-methyl/N-ethyl adjacent to an activating group) is 1. The number of nitrogens with zero attached hydrogens (tertiary/aromatic N) is 2. The van der Waals surface area contributed by atoms with Gasteiger partial charge in [-0.15, -0.1) is 0 Å². The Morgan fingerprint density at radius 1 is 1.09 bits per heavy atom.